The number of hydrogen-bond acceptors (Lipinski definition) is 6. The first kappa shape index (κ1) is 14.8. The fraction of sp³-hybridized carbons (Fsp3) is 0.0526. The Morgan fingerprint density at radius 2 is 1.88 bits per heavy atom. The molecule has 5 N–H and O–H groups in total. The van der Waals surface area contributed by atoms with Gasteiger partial charge in [0.05, 0.1) is 11.3 Å². The van der Waals surface area contributed by atoms with E-state index in [2.05, 4.69) is 4.98 Å². The van der Waals surface area contributed by atoms with E-state index in [1.54, 1.807) is 12.1 Å². The van der Waals surface area contributed by atoms with Gasteiger partial charge in [-0.25, -0.2) is 0 Å². The van der Waals surface area contributed by atoms with Crippen LogP contribution in [0.5, 0.6) is 17.4 Å². The van der Waals surface area contributed by atoms with E-state index in [1.807, 2.05) is 36.4 Å². The van der Waals surface area contributed by atoms with Gasteiger partial charge in [0.2, 0.25) is 5.88 Å². The van der Waals surface area contributed by atoms with Crippen molar-refractivity contribution in [3.63, 3.8) is 0 Å². The lowest BCUT2D eigenvalue weighted by atomic mass is 9.82. The molecule has 122 valence electrons. The molecule has 0 aliphatic carbocycles. The normalized spacial score (nSPS) is 14.8. The van der Waals surface area contributed by atoms with Gasteiger partial charge in [0, 0.05) is 17.5 Å². The van der Waals surface area contributed by atoms with E-state index in [1.165, 1.54) is 6.07 Å². The number of nitriles is 1. The minimum atomic E-state index is -0.277. The third-order valence-electron chi connectivity index (χ3n) is 4.32. The third kappa shape index (κ3) is 2.22. The number of fused-ring (bicyclic) bond motifs is 2. The van der Waals surface area contributed by atoms with Crippen molar-refractivity contribution in [1.29, 1.82) is 5.26 Å². The van der Waals surface area contributed by atoms with Crippen molar-refractivity contribution in [1.82, 2.24) is 4.98 Å². The van der Waals surface area contributed by atoms with Crippen LogP contribution in [0, 0.1) is 11.3 Å². The Bertz CT molecular complexity index is 1030. The summed E-state index contributed by atoms with van der Waals surface area (Å²) in [7, 11) is 0. The molecule has 1 atom stereocenters. The Morgan fingerprint density at radius 3 is 2.60 bits per heavy atom. The van der Waals surface area contributed by atoms with Crippen LogP contribution in [0.2, 0.25) is 0 Å². The number of nitrogens with zero attached hydrogens (tertiary/aromatic N) is 2. The van der Waals surface area contributed by atoms with Crippen molar-refractivity contribution < 1.29 is 9.84 Å². The quantitative estimate of drug-likeness (QED) is 0.493. The summed E-state index contributed by atoms with van der Waals surface area (Å²) in [6.45, 7) is 0. The molecule has 1 aliphatic heterocycles. The van der Waals surface area contributed by atoms with Gasteiger partial charge in [-0.3, -0.25) is 0 Å². The maximum atomic E-state index is 9.79. The number of phenols is 1. The van der Waals surface area contributed by atoms with Crippen molar-refractivity contribution in [3.05, 3.63) is 70.8 Å². The van der Waals surface area contributed by atoms with Gasteiger partial charge in [-0.1, -0.05) is 36.4 Å². The highest BCUT2D eigenvalue weighted by Gasteiger charge is 2.33. The SMILES string of the molecule is N#Cc1c(N)nc2c(c1N)C(c1ccccc1)c1ccc(O)cc1O2. The van der Waals surface area contributed by atoms with E-state index in [0.29, 0.717) is 11.3 Å². The van der Waals surface area contributed by atoms with Crippen molar-refractivity contribution in [2.45, 2.75) is 5.92 Å². The highest BCUT2D eigenvalue weighted by Crippen LogP contribution is 2.50. The lowest BCUT2D eigenvalue weighted by Crippen LogP contribution is -2.17. The number of phenolic OH excluding ortho intramolecular Hbond substituents is 1. The second kappa shape index (κ2) is 5.42. The lowest BCUT2D eigenvalue weighted by Gasteiger charge is -2.29. The molecule has 1 aromatic heterocycles. The molecule has 2 aromatic carbocycles. The van der Waals surface area contributed by atoms with Crippen LogP contribution >= 0.6 is 0 Å². The summed E-state index contributed by atoms with van der Waals surface area (Å²) in [5.41, 5.74) is 14.9. The van der Waals surface area contributed by atoms with Crippen LogP contribution in [0.4, 0.5) is 11.5 Å². The summed E-state index contributed by atoms with van der Waals surface area (Å²) in [6, 6.07) is 16.6. The van der Waals surface area contributed by atoms with Crippen LogP contribution in [0.1, 0.15) is 28.2 Å². The van der Waals surface area contributed by atoms with Crippen molar-refractivity contribution in [2.24, 2.45) is 0 Å². The predicted octanol–water partition coefficient (Wildman–Crippen LogP) is 3.11. The van der Waals surface area contributed by atoms with Crippen LogP contribution in [0.15, 0.2) is 48.5 Å². The molecule has 6 nitrogen and oxygen atoms in total. The summed E-state index contributed by atoms with van der Waals surface area (Å²) < 4.78 is 5.83. The van der Waals surface area contributed by atoms with E-state index in [9.17, 15) is 10.4 Å². The monoisotopic (exact) mass is 330 g/mol. The van der Waals surface area contributed by atoms with Crippen LogP contribution in [-0.2, 0) is 0 Å². The molecule has 0 saturated heterocycles. The fourth-order valence-corrected chi connectivity index (χ4v) is 3.19. The van der Waals surface area contributed by atoms with E-state index in [0.717, 1.165) is 11.1 Å². The van der Waals surface area contributed by atoms with Gasteiger partial charge in [-0.05, 0) is 11.6 Å². The lowest BCUT2D eigenvalue weighted by molar-refractivity contribution is 0.424. The zero-order valence-electron chi connectivity index (χ0n) is 13.1. The molecule has 0 saturated carbocycles. The Balaban J connectivity index is 2.05. The van der Waals surface area contributed by atoms with Gasteiger partial charge in [-0.15, -0.1) is 0 Å². The number of hydrogen-bond donors (Lipinski definition) is 3. The minimum absolute atomic E-state index is 0.0224. The summed E-state index contributed by atoms with van der Waals surface area (Å²) >= 11 is 0. The standard InChI is InChI=1S/C19H14N4O2/c20-9-13-17(21)16-15(10-4-2-1-3-5-10)12-7-6-11(24)8-14(12)25-19(16)23-18(13)22/h1-8,15,24H,(H4,21,22,23). The molecule has 0 amide bonds. The smallest absolute Gasteiger partial charge is 0.227 e. The Labute approximate surface area is 143 Å². The highest BCUT2D eigenvalue weighted by atomic mass is 16.5. The number of nitrogen functional groups attached to an aromatic ring is 2. The van der Waals surface area contributed by atoms with E-state index >= 15 is 0 Å². The molecule has 0 spiro atoms. The number of benzene rings is 2. The van der Waals surface area contributed by atoms with E-state index < -0.39 is 0 Å². The number of nitrogens with two attached hydrogens (primary N) is 2. The van der Waals surface area contributed by atoms with E-state index in [4.69, 9.17) is 16.2 Å². The molecule has 6 heteroatoms. The predicted molar refractivity (Wildman–Crippen MR) is 93.3 cm³/mol. The summed E-state index contributed by atoms with van der Waals surface area (Å²) in [6.07, 6.45) is 0. The molecule has 1 aliphatic rings. The van der Waals surface area contributed by atoms with Gasteiger partial charge < -0.3 is 21.3 Å². The molecular weight excluding hydrogens is 316 g/mol. The molecule has 25 heavy (non-hydrogen) atoms. The number of aromatic nitrogens is 1. The molecule has 0 fully saturated rings. The van der Waals surface area contributed by atoms with Crippen molar-refractivity contribution in [2.75, 3.05) is 11.5 Å². The van der Waals surface area contributed by atoms with Crippen LogP contribution in [0.3, 0.4) is 0 Å². The van der Waals surface area contributed by atoms with Crippen molar-refractivity contribution in [3.8, 4) is 23.4 Å². The maximum Gasteiger partial charge on any atom is 0.227 e. The zero-order chi connectivity index (χ0) is 17.6. The number of rotatable bonds is 1. The molecule has 0 radical (unpaired) electrons. The highest BCUT2D eigenvalue weighted by molar-refractivity contribution is 5.75. The Hall–Kier alpha value is -3.72. The third-order valence-corrected chi connectivity index (χ3v) is 4.32. The molecular formula is C19H14N4O2. The number of ether oxygens (including phenoxy) is 1. The Kier molecular flexibility index (Phi) is 3.22. The van der Waals surface area contributed by atoms with Crippen LogP contribution in [0.25, 0.3) is 0 Å². The maximum absolute atomic E-state index is 9.79. The summed E-state index contributed by atoms with van der Waals surface area (Å²) in [5.74, 6) is 0.567. The average Bonchev–Trinajstić information content (AvgIpc) is 2.61. The number of anilines is 2. The van der Waals surface area contributed by atoms with Crippen LogP contribution < -0.4 is 16.2 Å². The second-order valence-electron chi connectivity index (χ2n) is 5.78. The van der Waals surface area contributed by atoms with Crippen LogP contribution in [-0.4, -0.2) is 10.1 Å². The largest absolute Gasteiger partial charge is 0.508 e. The van der Waals surface area contributed by atoms with Crippen molar-refractivity contribution >= 4 is 11.5 Å². The topological polar surface area (TPSA) is 118 Å². The first-order valence-corrected chi connectivity index (χ1v) is 7.64. The fourth-order valence-electron chi connectivity index (χ4n) is 3.19. The second-order valence-corrected chi connectivity index (χ2v) is 5.78. The molecule has 0 bridgehead atoms. The number of aromatic hydroxyl groups is 1. The van der Waals surface area contributed by atoms with E-state index in [-0.39, 0.29) is 34.6 Å². The first-order chi connectivity index (χ1) is 12.1. The van der Waals surface area contributed by atoms with Gasteiger partial charge >= 0.3 is 0 Å². The molecule has 4 rings (SSSR count). The molecule has 1 unspecified atom stereocenters. The Morgan fingerprint density at radius 1 is 1.12 bits per heavy atom. The molecule has 3 aromatic rings. The summed E-state index contributed by atoms with van der Waals surface area (Å²) in [4.78, 5) is 4.22. The average molecular weight is 330 g/mol. The van der Waals surface area contributed by atoms with Gasteiger partial charge in [0.25, 0.3) is 0 Å². The van der Waals surface area contributed by atoms with Gasteiger partial charge in [0.15, 0.2) is 0 Å². The summed E-state index contributed by atoms with van der Waals surface area (Å²) in [5, 5.41) is 19.2. The first-order valence-electron chi connectivity index (χ1n) is 7.64. The van der Waals surface area contributed by atoms with Gasteiger partial charge in [0.1, 0.15) is 28.9 Å². The minimum Gasteiger partial charge on any atom is -0.508 e. The number of pyridine rings is 1. The zero-order valence-corrected chi connectivity index (χ0v) is 13.1. The molecule has 2 heterocycles. The van der Waals surface area contributed by atoms with Gasteiger partial charge in [-0.2, -0.15) is 10.2 Å².